The first-order chi connectivity index (χ1) is 20.9. The SMILES string of the molecule is Nc1nc2c(ncn2[C@@H]2O[C@H](CO[PH](=O)S)CC2OP(=O)(S)OC[C@H]2O[C@@H](n3cnc4c(N)ncnc43)C(F)[C@H]2O)c(=O)[nH]1. The fourth-order valence-corrected chi connectivity index (χ4v) is 6.99. The summed E-state index contributed by atoms with van der Waals surface area (Å²) in [4.78, 5) is 34.7. The van der Waals surface area contributed by atoms with Gasteiger partial charge >= 0.3 is 6.80 Å². The fourth-order valence-electron chi connectivity index (χ4n) is 4.95. The lowest BCUT2D eigenvalue weighted by Crippen LogP contribution is -2.31. The van der Waals surface area contributed by atoms with Gasteiger partial charge in [0, 0.05) is 6.42 Å². The van der Waals surface area contributed by atoms with Crippen LogP contribution in [-0.4, -0.2) is 87.9 Å². The predicted molar refractivity (Wildman–Crippen MR) is 157 cm³/mol. The van der Waals surface area contributed by atoms with E-state index in [4.69, 9.17) is 34.5 Å². The van der Waals surface area contributed by atoms with Gasteiger partial charge in [-0.2, -0.15) is 4.98 Å². The van der Waals surface area contributed by atoms with E-state index in [2.05, 4.69) is 54.4 Å². The summed E-state index contributed by atoms with van der Waals surface area (Å²) in [5.74, 6) is -0.107. The minimum atomic E-state index is -4.26. The van der Waals surface area contributed by atoms with Crippen molar-refractivity contribution < 1.29 is 41.7 Å². The highest BCUT2D eigenvalue weighted by molar-refractivity contribution is 8.44. The molecule has 0 spiro atoms. The molecule has 2 aliphatic rings. The Kier molecular flexibility index (Phi) is 8.74. The van der Waals surface area contributed by atoms with Gasteiger partial charge in [0.15, 0.2) is 41.3 Å². The molecule has 4 aromatic rings. The number of ether oxygens (including phenoxy) is 2. The molecule has 238 valence electrons. The minimum absolute atomic E-state index is 0.0374. The summed E-state index contributed by atoms with van der Waals surface area (Å²) in [5.41, 5.74) is 11.3. The van der Waals surface area contributed by atoms with Crippen molar-refractivity contribution in [2.24, 2.45) is 0 Å². The van der Waals surface area contributed by atoms with Crippen LogP contribution < -0.4 is 17.0 Å². The molecule has 24 heteroatoms. The van der Waals surface area contributed by atoms with E-state index in [9.17, 15) is 19.0 Å². The Labute approximate surface area is 256 Å². The summed E-state index contributed by atoms with van der Waals surface area (Å²) >= 11 is 7.82. The van der Waals surface area contributed by atoms with Crippen molar-refractivity contribution >= 4 is 72.6 Å². The van der Waals surface area contributed by atoms with Gasteiger partial charge in [-0.1, -0.05) is 24.5 Å². The lowest BCUT2D eigenvalue weighted by atomic mass is 10.1. The molecular formula is C20H25FN10O9P2S2. The molecule has 2 aliphatic heterocycles. The zero-order chi connectivity index (χ0) is 31.3. The van der Waals surface area contributed by atoms with E-state index >= 15 is 4.39 Å². The number of imidazole rings is 2. The van der Waals surface area contributed by atoms with E-state index in [0.717, 1.165) is 0 Å². The monoisotopic (exact) mass is 694 g/mol. The van der Waals surface area contributed by atoms with E-state index in [1.54, 1.807) is 0 Å². The molecule has 6 heterocycles. The van der Waals surface area contributed by atoms with Crippen LogP contribution in [-0.2, 0) is 32.2 Å². The summed E-state index contributed by atoms with van der Waals surface area (Å²) in [6.07, 6.45) is -5.45. The van der Waals surface area contributed by atoms with Gasteiger partial charge in [-0.05, 0) is 0 Å². The molecule has 0 bridgehead atoms. The highest BCUT2D eigenvalue weighted by Gasteiger charge is 2.48. The zero-order valence-electron chi connectivity index (χ0n) is 22.1. The van der Waals surface area contributed by atoms with Gasteiger partial charge in [0.1, 0.15) is 30.2 Å². The van der Waals surface area contributed by atoms with Gasteiger partial charge < -0.3 is 30.6 Å². The van der Waals surface area contributed by atoms with Gasteiger partial charge in [-0.3, -0.25) is 32.5 Å². The van der Waals surface area contributed by atoms with Crippen LogP contribution in [0.25, 0.3) is 22.3 Å². The summed E-state index contributed by atoms with van der Waals surface area (Å²) in [5, 5.41) is 10.5. The summed E-state index contributed by atoms with van der Waals surface area (Å²) in [7, 11) is -2.60. The average molecular weight is 695 g/mol. The Morgan fingerprint density at radius 1 is 1.14 bits per heavy atom. The van der Waals surface area contributed by atoms with Crippen LogP contribution in [0.3, 0.4) is 0 Å². The first kappa shape index (κ1) is 31.3. The number of nitrogens with two attached hydrogens (primary N) is 2. The number of hydrogen-bond acceptors (Lipinski definition) is 16. The number of aromatic nitrogens is 8. The van der Waals surface area contributed by atoms with E-state index in [1.165, 1.54) is 28.1 Å². The number of aliphatic hydroxyl groups is 1. The average Bonchev–Trinajstić information content (AvgIpc) is 3.73. The normalized spacial score (nSPS) is 29.4. The van der Waals surface area contributed by atoms with Crippen LogP contribution in [0.2, 0.25) is 0 Å². The molecule has 19 nitrogen and oxygen atoms in total. The smallest absolute Gasteiger partial charge is 0.386 e. The third-order valence-corrected chi connectivity index (χ3v) is 9.33. The van der Waals surface area contributed by atoms with Crippen molar-refractivity contribution in [2.45, 2.75) is 49.5 Å². The van der Waals surface area contributed by atoms with Gasteiger partial charge in [0.25, 0.3) is 5.56 Å². The van der Waals surface area contributed by atoms with Gasteiger partial charge in [-0.15, -0.1) is 0 Å². The second-order valence-corrected chi connectivity index (χ2v) is 14.5. The number of nitrogens with one attached hydrogen (secondary N) is 1. The van der Waals surface area contributed by atoms with Crippen LogP contribution in [0.5, 0.6) is 0 Å². The molecule has 0 aliphatic carbocycles. The molecule has 0 saturated carbocycles. The Balaban J connectivity index is 1.17. The molecule has 0 amide bonds. The number of H-pyrrole nitrogens is 1. The fraction of sp³-hybridized carbons (Fsp3) is 0.500. The maximum Gasteiger partial charge on any atom is 0.386 e. The second kappa shape index (κ2) is 12.3. The topological polar surface area (TPSA) is 260 Å². The molecule has 0 aromatic carbocycles. The van der Waals surface area contributed by atoms with Gasteiger partial charge in [-0.25, -0.2) is 28.9 Å². The molecular weight excluding hydrogens is 669 g/mol. The Bertz CT molecular complexity index is 1830. The van der Waals surface area contributed by atoms with E-state index in [0.29, 0.717) is 0 Å². The first-order valence-electron chi connectivity index (χ1n) is 12.7. The molecule has 0 radical (unpaired) electrons. The van der Waals surface area contributed by atoms with Crippen molar-refractivity contribution in [3.8, 4) is 0 Å². The number of nitrogens with zero attached hydrogens (tertiary/aromatic N) is 7. The lowest BCUT2D eigenvalue weighted by molar-refractivity contribution is -0.0512. The molecule has 6 rings (SSSR count). The Hall–Kier alpha value is -2.65. The number of thiol groups is 2. The Morgan fingerprint density at radius 2 is 1.86 bits per heavy atom. The molecule has 9 atom stereocenters. The molecule has 4 aromatic heterocycles. The van der Waals surface area contributed by atoms with Gasteiger partial charge in [0.2, 0.25) is 13.2 Å². The first-order valence-corrected chi connectivity index (χ1v) is 18.0. The molecule has 2 saturated heterocycles. The standard InChI is InChI=1S/C20H25FN10O9P2S2/c21-10-13(32)9(39-19(10)30-5-26-11-14(22)24-4-25-15(11)30)3-37-42(35,44)40-8-1-7(2-36-41(34)43)38-18(8)31-6-27-12-16(31)28-20(23)29-17(12)33/h4-10,13,18-19,32,41H,1-3H2,(H,34,43)(H,35,44)(H2,22,24,25)(H3,23,28,29,33)/t7-,8?,9+,10?,13-,18+,19+,42?/m0/s1. The Morgan fingerprint density at radius 3 is 2.61 bits per heavy atom. The van der Waals surface area contributed by atoms with Crippen LogP contribution in [0.1, 0.15) is 18.9 Å². The summed E-state index contributed by atoms with van der Waals surface area (Å²) in [6.45, 7) is -5.00. The number of rotatable bonds is 10. The number of hydrogen-bond donors (Lipinski definition) is 6. The highest BCUT2D eigenvalue weighted by Crippen LogP contribution is 2.57. The van der Waals surface area contributed by atoms with Crippen LogP contribution >= 0.6 is 38.5 Å². The van der Waals surface area contributed by atoms with Crippen LogP contribution in [0, 0.1) is 0 Å². The van der Waals surface area contributed by atoms with Gasteiger partial charge in [0.05, 0.1) is 32.0 Å². The molecule has 6 N–H and O–H groups in total. The second-order valence-electron chi connectivity index (χ2n) is 9.73. The number of anilines is 2. The predicted octanol–water partition coefficient (Wildman–Crippen LogP) is 0.784. The van der Waals surface area contributed by atoms with E-state index in [1.807, 2.05) is 0 Å². The van der Waals surface area contributed by atoms with Crippen molar-refractivity contribution in [1.82, 2.24) is 39.0 Å². The number of alkyl halides is 1. The quantitative estimate of drug-likeness (QED) is 0.0990. The molecule has 44 heavy (non-hydrogen) atoms. The number of fused-ring (bicyclic) bond motifs is 2. The summed E-state index contributed by atoms with van der Waals surface area (Å²) < 4.78 is 70.5. The number of aromatic amines is 1. The number of nitrogen functional groups attached to an aromatic ring is 2. The van der Waals surface area contributed by atoms with Crippen molar-refractivity contribution in [2.75, 3.05) is 24.7 Å². The van der Waals surface area contributed by atoms with Crippen molar-refractivity contribution in [3.05, 3.63) is 29.3 Å². The third-order valence-electron chi connectivity index (χ3n) is 6.89. The van der Waals surface area contributed by atoms with Crippen LogP contribution in [0.4, 0.5) is 16.2 Å². The largest absolute Gasteiger partial charge is 0.387 e. The van der Waals surface area contributed by atoms with Crippen molar-refractivity contribution in [3.63, 3.8) is 0 Å². The molecule has 2 fully saturated rings. The highest BCUT2D eigenvalue weighted by atomic mass is 32.7. The van der Waals surface area contributed by atoms with E-state index in [-0.39, 0.29) is 47.1 Å². The molecule has 4 unspecified atom stereocenters. The van der Waals surface area contributed by atoms with Crippen molar-refractivity contribution in [1.29, 1.82) is 0 Å². The zero-order valence-corrected chi connectivity index (χ0v) is 25.8. The van der Waals surface area contributed by atoms with Crippen LogP contribution in [0.15, 0.2) is 23.8 Å². The third kappa shape index (κ3) is 6.11. The maximum absolute atomic E-state index is 15.2. The lowest BCUT2D eigenvalue weighted by Gasteiger charge is -2.24. The number of halogens is 1. The number of aliphatic hydroxyl groups excluding tert-OH is 1. The maximum atomic E-state index is 15.2. The summed E-state index contributed by atoms with van der Waals surface area (Å²) in [6, 6.07) is 0. The minimum Gasteiger partial charge on any atom is -0.387 e. The van der Waals surface area contributed by atoms with E-state index < -0.39 is 69.2 Å².